The summed E-state index contributed by atoms with van der Waals surface area (Å²) in [5.41, 5.74) is -1.42. The molecule has 5 nitrogen and oxygen atoms in total. The van der Waals surface area contributed by atoms with E-state index >= 15 is 0 Å². The summed E-state index contributed by atoms with van der Waals surface area (Å²) < 4.78 is 92.4. The molecule has 0 atom stereocenters. The fourth-order valence-corrected chi connectivity index (χ4v) is 6.13. The highest BCUT2D eigenvalue weighted by atomic mass is 19.4. The van der Waals surface area contributed by atoms with Gasteiger partial charge in [-0.15, -0.1) is 0 Å². The molecule has 0 aliphatic heterocycles. The summed E-state index contributed by atoms with van der Waals surface area (Å²) in [7, 11) is 0. The van der Waals surface area contributed by atoms with Gasteiger partial charge < -0.3 is 14.3 Å². The molecular formula is C36H34F6N4O. The summed E-state index contributed by atoms with van der Waals surface area (Å²) in [5.74, 6) is 1.57. The molecule has 2 heterocycles. The number of aryl methyl sites for hydroxylation is 1. The zero-order valence-electron chi connectivity index (χ0n) is 26.0. The lowest BCUT2D eigenvalue weighted by Gasteiger charge is -2.34. The normalized spacial score (nSPS) is 14.0. The molecule has 6 rings (SSSR count). The van der Waals surface area contributed by atoms with Crippen molar-refractivity contribution in [2.75, 3.05) is 22.9 Å². The first-order valence-corrected chi connectivity index (χ1v) is 15.6. The Morgan fingerprint density at radius 2 is 1.60 bits per heavy atom. The second kappa shape index (κ2) is 12.9. The van der Waals surface area contributed by atoms with E-state index in [9.17, 15) is 26.3 Å². The van der Waals surface area contributed by atoms with Gasteiger partial charge in [-0.3, -0.25) is 0 Å². The van der Waals surface area contributed by atoms with Crippen LogP contribution >= 0.6 is 0 Å². The lowest BCUT2D eigenvalue weighted by molar-refractivity contribution is -0.143. The standard InChI is InChI=1S/C36H34F6N4O/c1-3-45(21-25-12-9-13-25)34-27(18-26-14-7-8-15-31(26)43-34)22-46(33-16-23(2)47-44-33)32-20-28(35(37,38)39)19-30(36(40,41)42)29(32)17-24-10-5-4-6-11-24/h4-8,10-11,14-16,18-20,25H,3,9,12-13,17,21-22H2,1-2H3. The second-order valence-corrected chi connectivity index (χ2v) is 12.1. The number of rotatable bonds is 10. The van der Waals surface area contributed by atoms with Crippen LogP contribution in [-0.4, -0.2) is 23.2 Å². The number of benzene rings is 3. The van der Waals surface area contributed by atoms with Gasteiger partial charge in [0.05, 0.1) is 23.2 Å². The predicted octanol–water partition coefficient (Wildman–Crippen LogP) is 10.1. The Morgan fingerprint density at radius 1 is 0.872 bits per heavy atom. The highest BCUT2D eigenvalue weighted by Crippen LogP contribution is 2.45. The van der Waals surface area contributed by atoms with E-state index in [4.69, 9.17) is 9.51 Å². The molecule has 1 aliphatic rings. The van der Waals surface area contributed by atoms with E-state index in [2.05, 4.69) is 10.1 Å². The summed E-state index contributed by atoms with van der Waals surface area (Å²) in [6.07, 6.45) is -7.02. The molecule has 0 spiro atoms. The lowest BCUT2D eigenvalue weighted by atomic mass is 9.85. The molecule has 3 aromatic carbocycles. The van der Waals surface area contributed by atoms with Crippen molar-refractivity contribution in [1.82, 2.24) is 10.1 Å². The summed E-state index contributed by atoms with van der Waals surface area (Å²) in [4.78, 5) is 8.55. The Labute approximate surface area is 268 Å². The van der Waals surface area contributed by atoms with Gasteiger partial charge in [0, 0.05) is 42.2 Å². The van der Waals surface area contributed by atoms with Crippen molar-refractivity contribution in [1.29, 1.82) is 0 Å². The third kappa shape index (κ3) is 7.08. The monoisotopic (exact) mass is 652 g/mol. The molecular weight excluding hydrogens is 618 g/mol. The summed E-state index contributed by atoms with van der Waals surface area (Å²) >= 11 is 0. The third-order valence-corrected chi connectivity index (χ3v) is 8.76. The van der Waals surface area contributed by atoms with Crippen molar-refractivity contribution in [3.8, 4) is 0 Å². The lowest BCUT2D eigenvalue weighted by Crippen LogP contribution is -2.34. The molecule has 1 fully saturated rings. The van der Waals surface area contributed by atoms with Crippen LogP contribution in [0.3, 0.4) is 0 Å². The van der Waals surface area contributed by atoms with Crippen LogP contribution in [0.25, 0.3) is 10.9 Å². The Balaban J connectivity index is 1.59. The van der Waals surface area contributed by atoms with E-state index in [1.54, 1.807) is 37.3 Å². The van der Waals surface area contributed by atoms with Crippen LogP contribution in [0.1, 0.15) is 59.8 Å². The molecule has 0 amide bonds. The zero-order valence-corrected chi connectivity index (χ0v) is 26.0. The van der Waals surface area contributed by atoms with Gasteiger partial charge in [-0.1, -0.05) is 60.1 Å². The van der Waals surface area contributed by atoms with Crippen LogP contribution in [-0.2, 0) is 25.3 Å². The Kier molecular flexibility index (Phi) is 8.91. The Bertz CT molecular complexity index is 1850. The number of hydrogen-bond donors (Lipinski definition) is 0. The van der Waals surface area contributed by atoms with Gasteiger partial charge in [-0.25, -0.2) is 4.98 Å². The van der Waals surface area contributed by atoms with Crippen molar-refractivity contribution in [3.63, 3.8) is 0 Å². The third-order valence-electron chi connectivity index (χ3n) is 8.76. The van der Waals surface area contributed by atoms with Gasteiger partial charge >= 0.3 is 12.4 Å². The number of hydrogen-bond acceptors (Lipinski definition) is 5. The molecule has 5 aromatic rings. The quantitative estimate of drug-likeness (QED) is 0.141. The molecule has 47 heavy (non-hydrogen) atoms. The number of aromatic nitrogens is 2. The van der Waals surface area contributed by atoms with Crippen LogP contribution in [0.15, 0.2) is 83.4 Å². The average molecular weight is 653 g/mol. The van der Waals surface area contributed by atoms with Crippen LogP contribution in [0.4, 0.5) is 43.7 Å². The molecule has 0 unspecified atom stereocenters. The Hall–Kier alpha value is -4.54. The summed E-state index contributed by atoms with van der Waals surface area (Å²) in [6, 6.07) is 20.3. The topological polar surface area (TPSA) is 45.4 Å². The summed E-state index contributed by atoms with van der Waals surface area (Å²) in [6.45, 7) is 4.89. The number of fused-ring (bicyclic) bond motifs is 1. The maximum Gasteiger partial charge on any atom is 0.416 e. The highest BCUT2D eigenvalue weighted by molar-refractivity contribution is 5.82. The zero-order chi connectivity index (χ0) is 33.3. The van der Waals surface area contributed by atoms with Gasteiger partial charge in [0.25, 0.3) is 0 Å². The molecule has 0 radical (unpaired) electrons. The first-order valence-electron chi connectivity index (χ1n) is 15.6. The highest BCUT2D eigenvalue weighted by Gasteiger charge is 2.41. The summed E-state index contributed by atoms with van der Waals surface area (Å²) in [5, 5.41) is 4.90. The van der Waals surface area contributed by atoms with Gasteiger partial charge in [0.1, 0.15) is 11.6 Å². The molecule has 1 aliphatic carbocycles. The molecule has 11 heteroatoms. The van der Waals surface area contributed by atoms with E-state index in [1.807, 2.05) is 37.3 Å². The fraction of sp³-hybridized carbons (Fsp3) is 0.333. The molecule has 2 aromatic heterocycles. The van der Waals surface area contributed by atoms with E-state index in [1.165, 1.54) is 11.0 Å². The smallest absolute Gasteiger partial charge is 0.360 e. The van der Waals surface area contributed by atoms with Crippen molar-refractivity contribution in [2.45, 2.75) is 58.4 Å². The average Bonchev–Trinajstić information content (AvgIpc) is 3.44. The number of halogens is 6. The molecule has 0 bridgehead atoms. The largest absolute Gasteiger partial charge is 0.416 e. The predicted molar refractivity (Wildman–Crippen MR) is 170 cm³/mol. The van der Waals surface area contributed by atoms with Crippen molar-refractivity contribution >= 4 is 28.2 Å². The maximum atomic E-state index is 14.7. The van der Waals surface area contributed by atoms with Crippen molar-refractivity contribution in [2.24, 2.45) is 5.92 Å². The SMILES string of the molecule is CCN(CC1CCC1)c1nc2ccccc2cc1CN(c1cc(C)on1)c1cc(C(F)(F)F)cc(C(F)(F)F)c1Cc1ccccc1. The molecule has 0 saturated heterocycles. The number of para-hydroxylation sites is 1. The van der Waals surface area contributed by atoms with Gasteiger partial charge in [0.2, 0.25) is 0 Å². The van der Waals surface area contributed by atoms with Gasteiger partial charge in [0.15, 0.2) is 5.82 Å². The van der Waals surface area contributed by atoms with E-state index in [0.29, 0.717) is 35.2 Å². The molecule has 246 valence electrons. The Morgan fingerprint density at radius 3 is 2.21 bits per heavy atom. The van der Waals surface area contributed by atoms with Crippen LogP contribution in [0.2, 0.25) is 0 Å². The van der Waals surface area contributed by atoms with E-state index in [0.717, 1.165) is 42.8 Å². The number of anilines is 3. The van der Waals surface area contributed by atoms with Crippen LogP contribution < -0.4 is 9.80 Å². The van der Waals surface area contributed by atoms with Crippen LogP contribution in [0, 0.1) is 12.8 Å². The second-order valence-electron chi connectivity index (χ2n) is 12.1. The minimum atomic E-state index is -5.07. The van der Waals surface area contributed by atoms with Crippen molar-refractivity contribution < 1.29 is 30.9 Å². The fourth-order valence-electron chi connectivity index (χ4n) is 6.13. The number of nitrogens with zero attached hydrogens (tertiary/aromatic N) is 4. The van der Waals surface area contributed by atoms with Crippen molar-refractivity contribution in [3.05, 3.63) is 112 Å². The maximum absolute atomic E-state index is 14.7. The van der Waals surface area contributed by atoms with E-state index < -0.39 is 23.5 Å². The number of alkyl halides is 6. The molecule has 0 N–H and O–H groups in total. The minimum Gasteiger partial charge on any atom is -0.360 e. The van der Waals surface area contributed by atoms with Gasteiger partial charge in [-0.2, -0.15) is 26.3 Å². The number of pyridine rings is 1. The van der Waals surface area contributed by atoms with Gasteiger partial charge in [-0.05, 0) is 68.0 Å². The molecule has 1 saturated carbocycles. The van der Waals surface area contributed by atoms with E-state index in [-0.39, 0.29) is 36.1 Å². The first-order chi connectivity index (χ1) is 22.4. The van der Waals surface area contributed by atoms with Crippen LogP contribution in [0.5, 0.6) is 0 Å². The first kappa shape index (κ1) is 32.4. The minimum absolute atomic E-state index is 0.0883.